The van der Waals surface area contributed by atoms with Crippen molar-refractivity contribution in [3.8, 4) is 0 Å². The van der Waals surface area contributed by atoms with Gasteiger partial charge in [-0.25, -0.2) is 0 Å². The molecule has 2 aromatic carbocycles. The van der Waals surface area contributed by atoms with Gasteiger partial charge in [0.15, 0.2) is 0 Å². The Labute approximate surface area is 171 Å². The minimum absolute atomic E-state index is 0.0807. The van der Waals surface area contributed by atoms with Gasteiger partial charge in [0.05, 0.1) is 0 Å². The third-order valence-electron chi connectivity index (χ3n) is 5.05. The predicted octanol–water partition coefficient (Wildman–Crippen LogP) is 3.74. The summed E-state index contributed by atoms with van der Waals surface area (Å²) in [6.07, 6.45) is 0.302. The van der Waals surface area contributed by atoms with Crippen molar-refractivity contribution >= 4 is 34.8 Å². The highest BCUT2D eigenvalue weighted by molar-refractivity contribution is 6.30. The van der Waals surface area contributed by atoms with Crippen molar-refractivity contribution in [2.45, 2.75) is 20.3 Å². The molecule has 6 heteroatoms. The minimum atomic E-state index is -0.0978. The standard InChI is InChI=1S/C22H26ClN3O2/c1-17-5-3-7-20(15-17)24-11-13-25(14-12-24)22(28)9-10-26(18(2)27)21-8-4-6-19(23)16-21/h3-8,15-16H,9-14H2,1-2H3. The van der Waals surface area contributed by atoms with Gasteiger partial charge in [0.1, 0.15) is 0 Å². The molecule has 5 nitrogen and oxygen atoms in total. The van der Waals surface area contributed by atoms with Crippen LogP contribution in [0.1, 0.15) is 18.9 Å². The molecule has 1 aliphatic heterocycles. The van der Waals surface area contributed by atoms with E-state index in [0.29, 0.717) is 31.1 Å². The Kier molecular flexibility index (Phi) is 6.57. The topological polar surface area (TPSA) is 43.9 Å². The Balaban J connectivity index is 1.54. The second kappa shape index (κ2) is 9.11. The van der Waals surface area contributed by atoms with Crippen LogP contribution in [0.3, 0.4) is 0 Å². The van der Waals surface area contributed by atoms with Crippen molar-refractivity contribution in [1.82, 2.24) is 4.90 Å². The Hall–Kier alpha value is -2.53. The number of carbonyl (C=O) groups is 2. The fourth-order valence-electron chi connectivity index (χ4n) is 3.52. The smallest absolute Gasteiger partial charge is 0.224 e. The van der Waals surface area contributed by atoms with Gasteiger partial charge < -0.3 is 14.7 Å². The second-order valence-electron chi connectivity index (χ2n) is 7.11. The zero-order chi connectivity index (χ0) is 20.1. The molecular formula is C22H26ClN3O2. The van der Waals surface area contributed by atoms with Crippen molar-refractivity contribution < 1.29 is 9.59 Å². The summed E-state index contributed by atoms with van der Waals surface area (Å²) in [6.45, 7) is 6.98. The van der Waals surface area contributed by atoms with Gasteiger partial charge in [0, 0.05) is 62.5 Å². The summed E-state index contributed by atoms with van der Waals surface area (Å²) in [7, 11) is 0. The molecular weight excluding hydrogens is 374 g/mol. The third kappa shape index (κ3) is 5.04. The molecule has 1 heterocycles. The molecule has 3 rings (SSSR count). The normalized spacial score (nSPS) is 14.1. The molecule has 0 N–H and O–H groups in total. The summed E-state index contributed by atoms with van der Waals surface area (Å²) in [5.74, 6) is -0.0171. The summed E-state index contributed by atoms with van der Waals surface area (Å²) in [4.78, 5) is 30.5. The average molecular weight is 400 g/mol. The molecule has 0 saturated carbocycles. The lowest BCUT2D eigenvalue weighted by atomic mass is 10.2. The quantitative estimate of drug-likeness (QED) is 0.769. The number of hydrogen-bond donors (Lipinski definition) is 0. The molecule has 1 saturated heterocycles. The molecule has 1 fully saturated rings. The van der Waals surface area contributed by atoms with Crippen LogP contribution in [-0.2, 0) is 9.59 Å². The molecule has 0 spiro atoms. The number of nitrogens with zero attached hydrogens (tertiary/aromatic N) is 3. The summed E-state index contributed by atoms with van der Waals surface area (Å²) >= 11 is 6.03. The summed E-state index contributed by atoms with van der Waals surface area (Å²) in [5, 5.41) is 0.572. The van der Waals surface area contributed by atoms with Crippen LogP contribution in [0.25, 0.3) is 0 Å². The summed E-state index contributed by atoms with van der Waals surface area (Å²) in [5.41, 5.74) is 3.16. The molecule has 0 aromatic heterocycles. The highest BCUT2D eigenvalue weighted by atomic mass is 35.5. The first kappa shape index (κ1) is 20.2. The molecule has 0 bridgehead atoms. The van der Waals surface area contributed by atoms with Crippen molar-refractivity contribution in [3.05, 3.63) is 59.1 Å². The number of hydrogen-bond acceptors (Lipinski definition) is 3. The van der Waals surface area contributed by atoms with E-state index in [4.69, 9.17) is 11.6 Å². The van der Waals surface area contributed by atoms with Crippen LogP contribution < -0.4 is 9.80 Å². The van der Waals surface area contributed by atoms with Crippen LogP contribution in [0, 0.1) is 6.92 Å². The lowest BCUT2D eigenvalue weighted by Gasteiger charge is -2.36. The molecule has 0 radical (unpaired) electrons. The van der Waals surface area contributed by atoms with E-state index in [9.17, 15) is 9.59 Å². The van der Waals surface area contributed by atoms with Crippen LogP contribution in [-0.4, -0.2) is 49.4 Å². The van der Waals surface area contributed by atoms with Gasteiger partial charge in [-0.2, -0.15) is 0 Å². The van der Waals surface area contributed by atoms with E-state index in [1.807, 2.05) is 11.0 Å². The maximum atomic E-state index is 12.7. The zero-order valence-electron chi connectivity index (χ0n) is 16.4. The number of piperazine rings is 1. The number of amides is 2. The fraction of sp³-hybridized carbons (Fsp3) is 0.364. The van der Waals surface area contributed by atoms with Crippen LogP contribution in [0.5, 0.6) is 0 Å². The first-order valence-electron chi connectivity index (χ1n) is 9.57. The molecule has 2 amide bonds. The summed E-state index contributed by atoms with van der Waals surface area (Å²) in [6, 6.07) is 15.6. The van der Waals surface area contributed by atoms with Crippen molar-refractivity contribution in [3.63, 3.8) is 0 Å². The van der Waals surface area contributed by atoms with Crippen LogP contribution in [0.4, 0.5) is 11.4 Å². The number of anilines is 2. The fourth-order valence-corrected chi connectivity index (χ4v) is 3.70. The highest BCUT2D eigenvalue weighted by Gasteiger charge is 2.22. The third-order valence-corrected chi connectivity index (χ3v) is 5.28. The Morgan fingerprint density at radius 2 is 1.75 bits per heavy atom. The summed E-state index contributed by atoms with van der Waals surface area (Å²) < 4.78 is 0. The van der Waals surface area contributed by atoms with Gasteiger partial charge in [0.2, 0.25) is 11.8 Å². The SMILES string of the molecule is CC(=O)N(CCC(=O)N1CCN(c2cccc(C)c2)CC1)c1cccc(Cl)c1. The lowest BCUT2D eigenvalue weighted by Crippen LogP contribution is -2.49. The van der Waals surface area contributed by atoms with E-state index >= 15 is 0 Å². The number of carbonyl (C=O) groups excluding carboxylic acids is 2. The van der Waals surface area contributed by atoms with E-state index < -0.39 is 0 Å². The zero-order valence-corrected chi connectivity index (χ0v) is 17.2. The first-order valence-corrected chi connectivity index (χ1v) is 9.95. The molecule has 2 aromatic rings. The van der Waals surface area contributed by atoms with Crippen molar-refractivity contribution in [2.75, 3.05) is 42.5 Å². The number of halogens is 1. The number of benzene rings is 2. The number of rotatable bonds is 5. The van der Waals surface area contributed by atoms with Gasteiger partial charge in [0.25, 0.3) is 0 Å². The average Bonchev–Trinajstić information content (AvgIpc) is 2.68. The minimum Gasteiger partial charge on any atom is -0.368 e. The van der Waals surface area contributed by atoms with E-state index in [-0.39, 0.29) is 11.8 Å². The van der Waals surface area contributed by atoms with Crippen molar-refractivity contribution in [2.24, 2.45) is 0 Å². The monoisotopic (exact) mass is 399 g/mol. The van der Waals surface area contributed by atoms with Crippen molar-refractivity contribution in [1.29, 1.82) is 0 Å². The Morgan fingerprint density at radius 3 is 2.39 bits per heavy atom. The molecule has 0 aliphatic carbocycles. The molecule has 148 valence electrons. The van der Waals surface area contributed by atoms with Gasteiger partial charge in [-0.1, -0.05) is 29.8 Å². The van der Waals surface area contributed by atoms with Gasteiger partial charge in [-0.3, -0.25) is 9.59 Å². The second-order valence-corrected chi connectivity index (χ2v) is 7.54. The number of aryl methyl sites for hydroxylation is 1. The van der Waals surface area contributed by atoms with E-state index in [2.05, 4.69) is 36.1 Å². The van der Waals surface area contributed by atoms with Gasteiger partial charge in [-0.05, 0) is 42.8 Å². The van der Waals surface area contributed by atoms with Gasteiger partial charge in [-0.15, -0.1) is 0 Å². The van der Waals surface area contributed by atoms with E-state index in [1.165, 1.54) is 18.2 Å². The molecule has 1 aliphatic rings. The maximum Gasteiger partial charge on any atom is 0.224 e. The maximum absolute atomic E-state index is 12.7. The highest BCUT2D eigenvalue weighted by Crippen LogP contribution is 2.21. The van der Waals surface area contributed by atoms with E-state index in [1.54, 1.807) is 23.1 Å². The molecule has 0 atom stereocenters. The molecule has 0 unspecified atom stereocenters. The van der Waals surface area contributed by atoms with Crippen LogP contribution >= 0.6 is 11.6 Å². The Morgan fingerprint density at radius 1 is 1.04 bits per heavy atom. The predicted molar refractivity (Wildman–Crippen MR) is 114 cm³/mol. The van der Waals surface area contributed by atoms with Gasteiger partial charge >= 0.3 is 0 Å². The lowest BCUT2D eigenvalue weighted by molar-refractivity contribution is -0.131. The molecule has 28 heavy (non-hydrogen) atoms. The Bertz CT molecular complexity index is 847. The van der Waals surface area contributed by atoms with E-state index in [0.717, 1.165) is 18.8 Å². The van der Waals surface area contributed by atoms with Crippen LogP contribution in [0.15, 0.2) is 48.5 Å². The first-order chi connectivity index (χ1) is 13.4. The largest absolute Gasteiger partial charge is 0.368 e. The van der Waals surface area contributed by atoms with Crippen LogP contribution in [0.2, 0.25) is 5.02 Å².